The molecule has 0 spiro atoms. The molecule has 2 atom stereocenters. The highest BCUT2D eigenvalue weighted by Gasteiger charge is 2.37. The number of hydrogen-bond acceptors (Lipinski definition) is 2. The van der Waals surface area contributed by atoms with E-state index in [-0.39, 0.29) is 6.04 Å². The quantitative estimate of drug-likeness (QED) is 0.189. The minimum atomic E-state index is 0.204. The largest absolute Gasteiger partial charge is 0.456 e. The van der Waals surface area contributed by atoms with E-state index in [0.29, 0.717) is 5.92 Å². The van der Waals surface area contributed by atoms with E-state index in [2.05, 4.69) is 179 Å². The second-order valence-corrected chi connectivity index (χ2v) is 13.7. The van der Waals surface area contributed by atoms with Gasteiger partial charge in [0.15, 0.2) is 0 Å². The van der Waals surface area contributed by atoms with Crippen molar-refractivity contribution < 1.29 is 4.42 Å². The minimum absolute atomic E-state index is 0.204. The Labute approximate surface area is 295 Å². The number of furan rings is 1. The lowest BCUT2D eigenvalue weighted by molar-refractivity contribution is 0.669. The molecule has 7 aromatic carbocycles. The SMILES string of the molecule is C1=CC2c3ccccc3N(c3cc(-c4cccc(-c5ccc6c(c5)oc5ccccc56)c4)cc(-n4c5ccccc5c5ccccc54)c3)C2C=C1. The Balaban J connectivity index is 1.13. The molecule has 0 radical (unpaired) electrons. The fourth-order valence-electron chi connectivity index (χ4n) is 8.60. The third-order valence-electron chi connectivity index (χ3n) is 10.9. The molecule has 3 heteroatoms. The average Bonchev–Trinajstić information content (AvgIpc) is 3.85. The van der Waals surface area contributed by atoms with Crippen LogP contribution < -0.4 is 4.90 Å². The van der Waals surface area contributed by atoms with Crippen molar-refractivity contribution in [2.24, 2.45) is 0 Å². The van der Waals surface area contributed by atoms with Gasteiger partial charge >= 0.3 is 0 Å². The molecule has 1 aliphatic carbocycles. The summed E-state index contributed by atoms with van der Waals surface area (Å²) in [5, 5.41) is 4.81. The molecule has 0 saturated heterocycles. The molecule has 0 N–H and O–H groups in total. The van der Waals surface area contributed by atoms with E-state index >= 15 is 0 Å². The van der Waals surface area contributed by atoms with Gasteiger partial charge in [0.25, 0.3) is 0 Å². The van der Waals surface area contributed by atoms with Crippen molar-refractivity contribution in [2.75, 3.05) is 4.90 Å². The summed E-state index contributed by atoms with van der Waals surface area (Å²) in [6.45, 7) is 0. The molecular formula is C48H32N2O. The first-order chi connectivity index (χ1) is 25.3. The molecule has 0 bridgehead atoms. The third-order valence-corrected chi connectivity index (χ3v) is 10.9. The van der Waals surface area contributed by atoms with Crippen LogP contribution >= 0.6 is 0 Å². The third kappa shape index (κ3) is 4.31. The summed E-state index contributed by atoms with van der Waals surface area (Å²) in [6, 6.07) is 57.5. The van der Waals surface area contributed by atoms with Gasteiger partial charge in [0.2, 0.25) is 0 Å². The van der Waals surface area contributed by atoms with Gasteiger partial charge in [0.05, 0.1) is 17.1 Å². The first-order valence-electron chi connectivity index (χ1n) is 17.7. The number of allylic oxidation sites excluding steroid dienone is 2. The van der Waals surface area contributed by atoms with Gasteiger partial charge in [-0.2, -0.15) is 0 Å². The van der Waals surface area contributed by atoms with Crippen molar-refractivity contribution in [2.45, 2.75) is 12.0 Å². The number of benzene rings is 7. The van der Waals surface area contributed by atoms with Crippen molar-refractivity contribution in [3.8, 4) is 27.9 Å². The number of anilines is 2. The van der Waals surface area contributed by atoms with E-state index in [1.165, 1.54) is 49.9 Å². The molecular weight excluding hydrogens is 621 g/mol. The van der Waals surface area contributed by atoms with E-state index < -0.39 is 0 Å². The summed E-state index contributed by atoms with van der Waals surface area (Å²) in [4.78, 5) is 2.54. The highest BCUT2D eigenvalue weighted by Crippen LogP contribution is 2.49. The molecule has 2 aliphatic rings. The number of para-hydroxylation sites is 4. The Kier molecular flexibility index (Phi) is 6.08. The molecule has 0 saturated carbocycles. The molecule has 240 valence electrons. The molecule has 2 aromatic heterocycles. The van der Waals surface area contributed by atoms with E-state index in [1.807, 2.05) is 12.1 Å². The maximum atomic E-state index is 6.28. The van der Waals surface area contributed by atoms with Gasteiger partial charge in [-0.1, -0.05) is 121 Å². The van der Waals surface area contributed by atoms with Gasteiger partial charge in [0, 0.05) is 44.5 Å². The summed E-state index contributed by atoms with van der Waals surface area (Å²) in [6.07, 6.45) is 9.09. The van der Waals surface area contributed by atoms with Gasteiger partial charge in [-0.05, 0) is 88.5 Å². The van der Waals surface area contributed by atoms with Crippen molar-refractivity contribution in [3.63, 3.8) is 0 Å². The van der Waals surface area contributed by atoms with Crippen molar-refractivity contribution >= 4 is 55.1 Å². The monoisotopic (exact) mass is 652 g/mol. The first-order valence-corrected chi connectivity index (χ1v) is 17.7. The van der Waals surface area contributed by atoms with Crippen LogP contribution in [0, 0.1) is 0 Å². The molecule has 51 heavy (non-hydrogen) atoms. The fraction of sp³-hybridized carbons (Fsp3) is 0.0417. The number of hydrogen-bond donors (Lipinski definition) is 0. The number of rotatable bonds is 4. The second kappa shape index (κ2) is 11.0. The van der Waals surface area contributed by atoms with Crippen LogP contribution in [-0.2, 0) is 0 Å². The lowest BCUT2D eigenvalue weighted by Crippen LogP contribution is -2.28. The standard InChI is InChI=1S/C48H32N2O/c1-6-19-43-37(14-1)38-15-2-7-20-44(38)49(43)35-27-34(28-36(30-35)50-45-21-8-3-16-39(45)40-17-4-9-22-46(40)50)32-13-11-12-31(26-32)33-24-25-42-41-18-5-10-23-47(41)51-48(42)29-33/h1-30,37,43H. The Bertz CT molecular complexity index is 2850. The van der Waals surface area contributed by atoms with Crippen molar-refractivity contribution in [1.29, 1.82) is 0 Å². The van der Waals surface area contributed by atoms with Gasteiger partial charge in [-0.25, -0.2) is 0 Å². The van der Waals surface area contributed by atoms with Crippen LogP contribution in [0.5, 0.6) is 0 Å². The number of nitrogens with zero attached hydrogens (tertiary/aromatic N) is 2. The molecule has 11 rings (SSSR count). The second-order valence-electron chi connectivity index (χ2n) is 13.7. The summed E-state index contributed by atoms with van der Waals surface area (Å²) in [5.74, 6) is 0.308. The maximum Gasteiger partial charge on any atom is 0.136 e. The molecule has 3 heterocycles. The Hall–Kier alpha value is -6.58. The zero-order valence-electron chi connectivity index (χ0n) is 27.8. The normalized spacial score (nSPS) is 16.4. The number of fused-ring (bicyclic) bond motifs is 9. The summed E-state index contributed by atoms with van der Waals surface area (Å²) in [5.41, 5.74) is 13.8. The van der Waals surface area contributed by atoms with Crippen LogP contribution in [0.25, 0.3) is 71.7 Å². The molecule has 0 fully saturated rings. The summed E-state index contributed by atoms with van der Waals surface area (Å²) < 4.78 is 8.72. The van der Waals surface area contributed by atoms with Crippen LogP contribution in [0.3, 0.4) is 0 Å². The maximum absolute atomic E-state index is 6.28. The van der Waals surface area contributed by atoms with E-state index in [1.54, 1.807) is 0 Å². The Morgan fingerprint density at radius 2 is 1.08 bits per heavy atom. The molecule has 1 aliphatic heterocycles. The van der Waals surface area contributed by atoms with Crippen LogP contribution in [-0.4, -0.2) is 10.6 Å². The average molecular weight is 653 g/mol. The molecule has 0 amide bonds. The summed E-state index contributed by atoms with van der Waals surface area (Å²) in [7, 11) is 0. The highest BCUT2D eigenvalue weighted by atomic mass is 16.3. The van der Waals surface area contributed by atoms with Gasteiger partial charge in [0.1, 0.15) is 11.2 Å². The zero-order chi connectivity index (χ0) is 33.5. The molecule has 3 nitrogen and oxygen atoms in total. The first kappa shape index (κ1) is 28.3. The minimum Gasteiger partial charge on any atom is -0.456 e. The predicted octanol–water partition coefficient (Wildman–Crippen LogP) is 12.7. The van der Waals surface area contributed by atoms with Crippen molar-refractivity contribution in [1.82, 2.24) is 4.57 Å². The summed E-state index contributed by atoms with van der Waals surface area (Å²) >= 11 is 0. The Morgan fingerprint density at radius 3 is 1.92 bits per heavy atom. The topological polar surface area (TPSA) is 21.3 Å². The lowest BCUT2D eigenvalue weighted by Gasteiger charge is -2.30. The van der Waals surface area contributed by atoms with Gasteiger partial charge in [-0.15, -0.1) is 0 Å². The highest BCUT2D eigenvalue weighted by molar-refractivity contribution is 6.09. The Morgan fingerprint density at radius 1 is 0.431 bits per heavy atom. The van der Waals surface area contributed by atoms with Gasteiger partial charge in [-0.3, -0.25) is 0 Å². The smallest absolute Gasteiger partial charge is 0.136 e. The van der Waals surface area contributed by atoms with Crippen LogP contribution in [0.2, 0.25) is 0 Å². The van der Waals surface area contributed by atoms with Crippen LogP contribution in [0.4, 0.5) is 11.4 Å². The molecule has 9 aromatic rings. The van der Waals surface area contributed by atoms with Crippen molar-refractivity contribution in [3.05, 3.63) is 188 Å². The van der Waals surface area contributed by atoms with E-state index in [4.69, 9.17) is 4.42 Å². The van der Waals surface area contributed by atoms with E-state index in [9.17, 15) is 0 Å². The van der Waals surface area contributed by atoms with Gasteiger partial charge < -0.3 is 13.9 Å². The lowest BCUT2D eigenvalue weighted by atomic mass is 9.91. The van der Waals surface area contributed by atoms with E-state index in [0.717, 1.165) is 38.8 Å². The van der Waals surface area contributed by atoms with Crippen LogP contribution in [0.1, 0.15) is 11.5 Å². The molecule has 2 unspecified atom stereocenters. The zero-order valence-corrected chi connectivity index (χ0v) is 27.8. The predicted molar refractivity (Wildman–Crippen MR) is 212 cm³/mol. The van der Waals surface area contributed by atoms with Crippen LogP contribution in [0.15, 0.2) is 186 Å². The fourth-order valence-corrected chi connectivity index (χ4v) is 8.60. The number of aromatic nitrogens is 1.